The van der Waals surface area contributed by atoms with Crippen molar-refractivity contribution in [3.05, 3.63) is 32.1 Å². The summed E-state index contributed by atoms with van der Waals surface area (Å²) in [6.07, 6.45) is 1.57. The van der Waals surface area contributed by atoms with Gasteiger partial charge in [-0.3, -0.25) is 4.79 Å². The molecule has 2 aromatic heterocycles. The standard InChI is InChI=1S/C8H6IN3O2/c1-4-2-6(13)5(3-10-4)7-11-12-8(9)14-7/h2-3H,1H3,(H,10,13). The van der Waals surface area contributed by atoms with Crippen molar-refractivity contribution in [3.63, 3.8) is 0 Å². The van der Waals surface area contributed by atoms with Crippen LogP contribution < -0.4 is 5.43 Å². The fourth-order valence-corrected chi connectivity index (χ4v) is 1.37. The Balaban J connectivity index is 2.57. The molecule has 2 heterocycles. The number of H-pyrrole nitrogens is 1. The van der Waals surface area contributed by atoms with E-state index in [1.807, 2.05) is 29.5 Å². The van der Waals surface area contributed by atoms with Crippen LogP contribution in [0.25, 0.3) is 11.5 Å². The summed E-state index contributed by atoms with van der Waals surface area (Å²) in [5.41, 5.74) is 1.07. The average Bonchev–Trinajstić information content (AvgIpc) is 2.51. The van der Waals surface area contributed by atoms with Crippen LogP contribution in [0.5, 0.6) is 0 Å². The lowest BCUT2D eigenvalue weighted by molar-refractivity contribution is 0.536. The molecule has 0 bridgehead atoms. The van der Waals surface area contributed by atoms with Crippen molar-refractivity contribution in [3.8, 4) is 11.5 Å². The zero-order valence-corrected chi connectivity index (χ0v) is 9.40. The molecule has 72 valence electrons. The highest BCUT2D eigenvalue weighted by Gasteiger charge is 2.09. The second-order valence-corrected chi connectivity index (χ2v) is 3.68. The Morgan fingerprint density at radius 1 is 1.50 bits per heavy atom. The number of hydrogen-bond donors (Lipinski definition) is 1. The molecule has 2 rings (SSSR count). The first-order valence-electron chi connectivity index (χ1n) is 3.85. The van der Waals surface area contributed by atoms with E-state index in [2.05, 4.69) is 15.2 Å². The molecule has 0 aliphatic rings. The Kier molecular flexibility index (Phi) is 2.36. The molecule has 0 aliphatic carbocycles. The smallest absolute Gasteiger partial charge is 0.278 e. The SMILES string of the molecule is Cc1cc(=O)c(-c2nnc(I)o2)c[nH]1. The number of pyridine rings is 1. The zero-order chi connectivity index (χ0) is 10.1. The van der Waals surface area contributed by atoms with Crippen LogP contribution in [-0.2, 0) is 0 Å². The zero-order valence-electron chi connectivity index (χ0n) is 7.24. The highest BCUT2D eigenvalue weighted by atomic mass is 127. The summed E-state index contributed by atoms with van der Waals surface area (Å²) in [6.45, 7) is 1.81. The molecule has 0 saturated carbocycles. The largest absolute Gasteiger partial charge is 0.411 e. The summed E-state index contributed by atoms with van der Waals surface area (Å²) in [5, 5.41) is 7.41. The monoisotopic (exact) mass is 303 g/mol. The lowest BCUT2D eigenvalue weighted by atomic mass is 10.2. The van der Waals surface area contributed by atoms with Gasteiger partial charge in [-0.2, -0.15) is 0 Å². The highest BCUT2D eigenvalue weighted by molar-refractivity contribution is 14.1. The first-order chi connectivity index (χ1) is 6.66. The third-order valence-electron chi connectivity index (χ3n) is 1.69. The highest BCUT2D eigenvalue weighted by Crippen LogP contribution is 2.13. The van der Waals surface area contributed by atoms with Gasteiger partial charge in [0.1, 0.15) is 5.56 Å². The molecule has 0 fully saturated rings. The van der Waals surface area contributed by atoms with Crippen LogP contribution in [0, 0.1) is 10.8 Å². The molecule has 1 N–H and O–H groups in total. The van der Waals surface area contributed by atoms with Gasteiger partial charge in [0.2, 0.25) is 0 Å². The number of nitrogens with one attached hydrogen (secondary N) is 1. The van der Waals surface area contributed by atoms with Crippen LogP contribution in [0.3, 0.4) is 0 Å². The molecule has 14 heavy (non-hydrogen) atoms. The second-order valence-electron chi connectivity index (χ2n) is 2.75. The summed E-state index contributed by atoms with van der Waals surface area (Å²) in [6, 6.07) is 1.49. The Morgan fingerprint density at radius 2 is 2.29 bits per heavy atom. The van der Waals surface area contributed by atoms with Gasteiger partial charge in [0.05, 0.1) is 0 Å². The molecule has 0 aliphatic heterocycles. The Bertz CT molecular complexity index is 517. The maximum absolute atomic E-state index is 11.5. The maximum atomic E-state index is 11.5. The van der Waals surface area contributed by atoms with Crippen LogP contribution >= 0.6 is 22.6 Å². The molecular weight excluding hydrogens is 297 g/mol. The van der Waals surface area contributed by atoms with E-state index < -0.39 is 0 Å². The fraction of sp³-hybridized carbons (Fsp3) is 0.125. The van der Waals surface area contributed by atoms with Crippen LogP contribution in [0.1, 0.15) is 5.69 Å². The topological polar surface area (TPSA) is 71.8 Å². The van der Waals surface area contributed by atoms with Crippen LogP contribution in [0.2, 0.25) is 0 Å². The minimum atomic E-state index is -0.124. The summed E-state index contributed by atoms with van der Waals surface area (Å²) >= 11 is 1.89. The molecule has 0 aromatic carbocycles. The minimum absolute atomic E-state index is 0.124. The van der Waals surface area contributed by atoms with E-state index in [0.29, 0.717) is 9.46 Å². The molecule has 5 nitrogen and oxygen atoms in total. The van der Waals surface area contributed by atoms with Gasteiger partial charge in [-0.25, -0.2) is 0 Å². The van der Waals surface area contributed by atoms with Gasteiger partial charge in [-0.15, -0.1) is 10.2 Å². The lowest BCUT2D eigenvalue weighted by Gasteiger charge is -1.94. The number of rotatable bonds is 1. The maximum Gasteiger partial charge on any atom is 0.278 e. The normalized spacial score (nSPS) is 10.4. The number of aryl methyl sites for hydroxylation is 1. The number of hydrogen-bond acceptors (Lipinski definition) is 4. The summed E-state index contributed by atoms with van der Waals surface area (Å²) in [7, 11) is 0. The van der Waals surface area contributed by atoms with Gasteiger partial charge in [0.15, 0.2) is 5.43 Å². The Morgan fingerprint density at radius 3 is 2.86 bits per heavy atom. The number of aromatic nitrogens is 3. The number of halogens is 1. The molecule has 0 amide bonds. The lowest BCUT2D eigenvalue weighted by Crippen LogP contribution is -2.05. The van der Waals surface area contributed by atoms with E-state index in [4.69, 9.17) is 4.42 Å². The first-order valence-corrected chi connectivity index (χ1v) is 4.93. The molecule has 0 saturated heterocycles. The Labute approximate surface area is 92.7 Å². The summed E-state index contributed by atoms with van der Waals surface area (Å²) in [4.78, 5) is 14.4. The predicted molar refractivity (Wildman–Crippen MR) is 57.8 cm³/mol. The Hall–Kier alpha value is -1.18. The van der Waals surface area contributed by atoms with E-state index >= 15 is 0 Å². The van der Waals surface area contributed by atoms with Crippen molar-refractivity contribution in [2.75, 3.05) is 0 Å². The summed E-state index contributed by atoms with van der Waals surface area (Å²) < 4.78 is 5.55. The molecule has 2 aromatic rings. The van der Waals surface area contributed by atoms with Gasteiger partial charge < -0.3 is 9.40 Å². The van der Waals surface area contributed by atoms with Gasteiger partial charge in [0.25, 0.3) is 9.79 Å². The third kappa shape index (κ3) is 1.69. The molecule has 0 radical (unpaired) electrons. The van der Waals surface area contributed by atoms with E-state index in [1.165, 1.54) is 6.07 Å². The van der Waals surface area contributed by atoms with Gasteiger partial charge in [0, 0.05) is 40.5 Å². The molecular formula is C8H6IN3O2. The van der Waals surface area contributed by atoms with Crippen LogP contribution in [-0.4, -0.2) is 15.2 Å². The van der Waals surface area contributed by atoms with Crippen molar-refractivity contribution in [2.24, 2.45) is 0 Å². The quantitative estimate of drug-likeness (QED) is 0.807. The average molecular weight is 303 g/mol. The third-order valence-corrected chi connectivity index (χ3v) is 2.12. The number of nitrogens with zero attached hydrogens (tertiary/aromatic N) is 2. The molecule has 0 unspecified atom stereocenters. The fourth-order valence-electron chi connectivity index (χ4n) is 1.05. The van der Waals surface area contributed by atoms with Gasteiger partial charge in [-0.05, 0) is 6.92 Å². The number of aromatic amines is 1. The van der Waals surface area contributed by atoms with Crippen molar-refractivity contribution in [1.82, 2.24) is 15.2 Å². The minimum Gasteiger partial charge on any atom is -0.411 e. The van der Waals surface area contributed by atoms with Crippen molar-refractivity contribution in [2.45, 2.75) is 6.92 Å². The predicted octanol–water partition coefficient (Wildman–Crippen LogP) is 1.34. The van der Waals surface area contributed by atoms with E-state index in [-0.39, 0.29) is 11.3 Å². The molecule has 0 atom stereocenters. The van der Waals surface area contributed by atoms with E-state index in [1.54, 1.807) is 6.20 Å². The second kappa shape index (κ2) is 3.52. The molecule has 6 heteroatoms. The first kappa shape index (κ1) is 9.38. The van der Waals surface area contributed by atoms with Crippen molar-refractivity contribution < 1.29 is 4.42 Å². The van der Waals surface area contributed by atoms with Crippen LogP contribution in [0.15, 0.2) is 21.5 Å². The van der Waals surface area contributed by atoms with E-state index in [9.17, 15) is 4.79 Å². The van der Waals surface area contributed by atoms with E-state index in [0.717, 1.165) is 5.69 Å². The van der Waals surface area contributed by atoms with Crippen LogP contribution in [0.4, 0.5) is 0 Å². The van der Waals surface area contributed by atoms with Gasteiger partial charge >= 0.3 is 0 Å². The molecule has 0 spiro atoms. The van der Waals surface area contributed by atoms with Crippen molar-refractivity contribution >= 4 is 22.6 Å². The summed E-state index contributed by atoms with van der Waals surface area (Å²) in [5.74, 6) is 0.246. The van der Waals surface area contributed by atoms with Crippen molar-refractivity contribution in [1.29, 1.82) is 0 Å². The van der Waals surface area contributed by atoms with Gasteiger partial charge in [-0.1, -0.05) is 0 Å².